The molecule has 2 amide bonds. The third-order valence-electron chi connectivity index (χ3n) is 7.51. The molecule has 2 aromatic heterocycles. The van der Waals surface area contributed by atoms with Crippen molar-refractivity contribution in [2.24, 2.45) is 0 Å². The number of alkyl carbamates (subject to hydrolysis) is 1. The van der Waals surface area contributed by atoms with Crippen LogP contribution < -0.4 is 10.2 Å². The number of pyridine rings is 1. The van der Waals surface area contributed by atoms with Crippen LogP contribution in [0.25, 0.3) is 0 Å². The van der Waals surface area contributed by atoms with Crippen molar-refractivity contribution < 1.29 is 28.9 Å². The molecule has 2 saturated carbocycles. The molecule has 2 aliphatic carbocycles. The number of aromatic nitrogens is 3. The summed E-state index contributed by atoms with van der Waals surface area (Å²) in [5.74, 6) is 0.716. The summed E-state index contributed by atoms with van der Waals surface area (Å²) in [6.07, 6.45) is 4.87. The van der Waals surface area contributed by atoms with Gasteiger partial charge in [0.25, 0.3) is 0 Å². The van der Waals surface area contributed by atoms with Gasteiger partial charge in [0.15, 0.2) is 0 Å². The van der Waals surface area contributed by atoms with E-state index in [-0.39, 0.29) is 12.0 Å². The van der Waals surface area contributed by atoms with Crippen LogP contribution in [0, 0.1) is 0 Å². The highest BCUT2D eigenvalue weighted by Crippen LogP contribution is 2.49. The monoisotopic (exact) mass is 613 g/mol. The number of ether oxygens (including phenoxy) is 3. The van der Waals surface area contributed by atoms with Crippen molar-refractivity contribution in [3.63, 3.8) is 0 Å². The number of aliphatic hydroxyl groups excluding tert-OH is 1. The quantitative estimate of drug-likeness (QED) is 0.301. The summed E-state index contributed by atoms with van der Waals surface area (Å²) in [5, 5.41) is 17.9. The molecule has 0 saturated heterocycles. The van der Waals surface area contributed by atoms with E-state index in [2.05, 4.69) is 10.3 Å². The van der Waals surface area contributed by atoms with Crippen LogP contribution in [0.2, 0.25) is 0 Å². The van der Waals surface area contributed by atoms with Crippen molar-refractivity contribution in [2.45, 2.75) is 135 Å². The Hall–Kier alpha value is -3.18. The molecule has 0 aliphatic heterocycles. The Morgan fingerprint density at radius 1 is 1.05 bits per heavy atom. The number of nitrogens with one attached hydrogen (secondary N) is 1. The second-order valence-electron chi connectivity index (χ2n) is 15.0. The number of carbonyl (C=O) groups is 2. The van der Waals surface area contributed by atoms with Crippen LogP contribution in [0.3, 0.4) is 0 Å². The minimum Gasteiger partial charge on any atom is -0.444 e. The Balaban J connectivity index is 1.59. The molecule has 0 spiro atoms. The minimum atomic E-state index is -0.718. The molecule has 2 heterocycles. The number of amides is 2. The van der Waals surface area contributed by atoms with Gasteiger partial charge in [0, 0.05) is 31.3 Å². The van der Waals surface area contributed by atoms with E-state index in [1.807, 2.05) is 79.1 Å². The molecule has 0 radical (unpaired) electrons. The first kappa shape index (κ1) is 33.7. The predicted octanol–water partition coefficient (Wildman–Crippen LogP) is 6.66. The lowest BCUT2D eigenvalue weighted by Gasteiger charge is -2.31. The maximum atomic E-state index is 13.9. The SMILES string of the molecule is CC(C)(C)OC(=O)NCCCOC1(c2cc(N(C(=O)OC(C)(C)C)c3cc([C@H]4CC[C@@H](O)C4)nn3C(C)(C)C)ccn2)CC1. The van der Waals surface area contributed by atoms with Gasteiger partial charge in [-0.1, -0.05) is 0 Å². The highest BCUT2D eigenvalue weighted by atomic mass is 16.6. The Morgan fingerprint density at radius 3 is 2.30 bits per heavy atom. The zero-order valence-corrected chi connectivity index (χ0v) is 27.9. The van der Waals surface area contributed by atoms with Gasteiger partial charge in [0.05, 0.1) is 28.7 Å². The minimum absolute atomic E-state index is 0.119. The second-order valence-corrected chi connectivity index (χ2v) is 15.0. The molecule has 244 valence electrons. The van der Waals surface area contributed by atoms with E-state index >= 15 is 0 Å². The van der Waals surface area contributed by atoms with Crippen molar-refractivity contribution in [1.82, 2.24) is 20.1 Å². The Bertz CT molecular complexity index is 1320. The average molecular weight is 614 g/mol. The molecule has 11 nitrogen and oxygen atoms in total. The van der Waals surface area contributed by atoms with Crippen LogP contribution in [0.1, 0.15) is 118 Å². The van der Waals surface area contributed by atoms with E-state index < -0.39 is 34.5 Å². The Morgan fingerprint density at radius 2 is 1.73 bits per heavy atom. The first-order valence-corrected chi connectivity index (χ1v) is 15.8. The predicted molar refractivity (Wildman–Crippen MR) is 168 cm³/mol. The van der Waals surface area contributed by atoms with Gasteiger partial charge in [0.1, 0.15) is 22.6 Å². The topological polar surface area (TPSA) is 128 Å². The zero-order chi connectivity index (χ0) is 32.5. The summed E-state index contributed by atoms with van der Waals surface area (Å²) in [5.41, 5.74) is -0.0422. The normalized spacial score (nSPS) is 19.9. The standard InChI is InChI=1S/C33H51N5O6/c1-30(2,3)38-27(21-25(36-38)22-11-12-24(39)19-22)37(29(41)44-32(7,8)9)23-13-17-34-26(20-23)33(14-15-33)42-18-10-16-35-28(40)43-31(4,5)6/h13,17,20-22,24,39H,10-12,14-16,18-19H2,1-9H3,(H,35,40)/t22-,24+/m0/s1. The van der Waals surface area contributed by atoms with Gasteiger partial charge in [-0.2, -0.15) is 5.10 Å². The summed E-state index contributed by atoms with van der Waals surface area (Å²) in [7, 11) is 0. The number of hydrogen-bond acceptors (Lipinski definition) is 8. The van der Waals surface area contributed by atoms with Gasteiger partial charge in [-0.05, 0) is 113 Å². The molecule has 2 N–H and O–H groups in total. The fraction of sp³-hybridized carbons (Fsp3) is 0.697. The van der Waals surface area contributed by atoms with Crippen LogP contribution in [-0.2, 0) is 25.4 Å². The highest BCUT2D eigenvalue weighted by Gasteiger charge is 2.47. The summed E-state index contributed by atoms with van der Waals surface area (Å²) < 4.78 is 19.4. The first-order valence-electron chi connectivity index (χ1n) is 15.8. The lowest BCUT2D eigenvalue weighted by atomic mass is 10.0. The van der Waals surface area contributed by atoms with E-state index in [1.165, 1.54) is 0 Å². The van der Waals surface area contributed by atoms with E-state index in [0.717, 1.165) is 37.1 Å². The van der Waals surface area contributed by atoms with Gasteiger partial charge < -0.3 is 24.6 Å². The van der Waals surface area contributed by atoms with Gasteiger partial charge in [0.2, 0.25) is 0 Å². The first-order chi connectivity index (χ1) is 20.4. The Kier molecular flexibility index (Phi) is 9.71. The molecular weight excluding hydrogens is 562 g/mol. The zero-order valence-electron chi connectivity index (χ0n) is 27.9. The highest BCUT2D eigenvalue weighted by molar-refractivity contribution is 5.95. The van der Waals surface area contributed by atoms with Gasteiger partial charge in [-0.25, -0.2) is 19.2 Å². The van der Waals surface area contributed by atoms with Crippen LogP contribution in [-0.4, -0.2) is 62.5 Å². The number of nitrogens with zero attached hydrogens (tertiary/aromatic N) is 4. The lowest BCUT2D eigenvalue weighted by Crippen LogP contribution is -2.37. The number of carbonyl (C=O) groups excluding carboxylic acids is 2. The maximum Gasteiger partial charge on any atom is 0.420 e. The Labute approximate surface area is 261 Å². The van der Waals surface area contributed by atoms with Gasteiger partial charge in [-0.3, -0.25) is 4.98 Å². The molecule has 2 aromatic rings. The fourth-order valence-corrected chi connectivity index (χ4v) is 5.35. The van der Waals surface area contributed by atoms with E-state index in [4.69, 9.17) is 19.3 Å². The third kappa shape index (κ3) is 8.72. The number of rotatable bonds is 9. The number of anilines is 2. The van der Waals surface area contributed by atoms with E-state index in [1.54, 1.807) is 17.2 Å². The van der Waals surface area contributed by atoms with Gasteiger partial charge >= 0.3 is 12.2 Å². The van der Waals surface area contributed by atoms with Crippen molar-refractivity contribution >= 4 is 23.7 Å². The number of aliphatic hydroxyl groups is 1. The van der Waals surface area contributed by atoms with Crippen LogP contribution in [0.5, 0.6) is 0 Å². The molecular formula is C33H51N5O6. The van der Waals surface area contributed by atoms with Gasteiger partial charge in [-0.15, -0.1) is 0 Å². The summed E-state index contributed by atoms with van der Waals surface area (Å²) in [4.78, 5) is 32.1. The second kappa shape index (κ2) is 12.7. The lowest BCUT2D eigenvalue weighted by molar-refractivity contribution is 0.0244. The molecule has 11 heteroatoms. The van der Waals surface area contributed by atoms with Crippen LogP contribution in [0.4, 0.5) is 21.1 Å². The molecule has 0 unspecified atom stereocenters. The molecule has 2 aliphatic rings. The summed E-state index contributed by atoms with van der Waals surface area (Å²) in [6, 6.07) is 5.65. The molecule has 44 heavy (non-hydrogen) atoms. The average Bonchev–Trinajstić information content (AvgIpc) is 3.32. The van der Waals surface area contributed by atoms with Crippen LogP contribution in [0.15, 0.2) is 24.4 Å². The molecule has 2 fully saturated rings. The molecule has 4 rings (SSSR count). The smallest absolute Gasteiger partial charge is 0.420 e. The summed E-state index contributed by atoms with van der Waals surface area (Å²) in [6.45, 7) is 18.0. The largest absolute Gasteiger partial charge is 0.444 e. The molecule has 0 aromatic carbocycles. The molecule has 0 bridgehead atoms. The van der Waals surface area contributed by atoms with Crippen molar-refractivity contribution in [3.05, 3.63) is 35.8 Å². The third-order valence-corrected chi connectivity index (χ3v) is 7.51. The van der Waals surface area contributed by atoms with E-state index in [9.17, 15) is 14.7 Å². The number of hydrogen-bond donors (Lipinski definition) is 2. The summed E-state index contributed by atoms with van der Waals surface area (Å²) >= 11 is 0. The van der Waals surface area contributed by atoms with Crippen molar-refractivity contribution in [2.75, 3.05) is 18.1 Å². The van der Waals surface area contributed by atoms with Crippen molar-refractivity contribution in [1.29, 1.82) is 0 Å². The van der Waals surface area contributed by atoms with Crippen LogP contribution >= 0.6 is 0 Å². The maximum absolute atomic E-state index is 13.9. The van der Waals surface area contributed by atoms with Crippen molar-refractivity contribution in [3.8, 4) is 0 Å². The molecule has 2 atom stereocenters. The van der Waals surface area contributed by atoms with E-state index in [0.29, 0.717) is 37.5 Å². The fourth-order valence-electron chi connectivity index (χ4n) is 5.35.